The van der Waals surface area contributed by atoms with E-state index in [0.29, 0.717) is 28.1 Å². The maximum atomic E-state index is 9.08. The molecule has 0 aliphatic carbocycles. The van der Waals surface area contributed by atoms with Crippen LogP contribution < -0.4 is 9.47 Å². The Labute approximate surface area is 399 Å². The van der Waals surface area contributed by atoms with Crippen LogP contribution in [-0.2, 0) is 33.2 Å². The van der Waals surface area contributed by atoms with Gasteiger partial charge < -0.3 is 24.4 Å². The molecule has 0 aliphatic heterocycles. The molecule has 7 aromatic carbocycles. The van der Waals surface area contributed by atoms with Gasteiger partial charge in [-0.3, -0.25) is 0 Å². The number of benzene rings is 7. The minimum Gasteiger partial charge on any atom is -0.498 e. The van der Waals surface area contributed by atoms with E-state index in [2.05, 4.69) is 70.6 Å². The van der Waals surface area contributed by atoms with Crippen LogP contribution in [0.1, 0.15) is 16.6 Å². The summed E-state index contributed by atoms with van der Waals surface area (Å²) in [4.78, 5) is 13.5. The van der Waals surface area contributed by atoms with Crippen molar-refractivity contribution in [2.45, 2.75) is 13.1 Å². The third kappa shape index (κ3) is 10.2. The normalized spacial score (nSPS) is 12.1. The Morgan fingerprint density at radius 2 is 0.846 bits per heavy atom. The minimum absolute atomic E-state index is 0. The molecule has 5 nitrogen and oxygen atoms in total. The summed E-state index contributed by atoms with van der Waals surface area (Å²) in [5, 5.41) is 0. The predicted octanol–water partition coefficient (Wildman–Crippen LogP) is 14.1. The van der Waals surface area contributed by atoms with E-state index in [1.807, 2.05) is 109 Å². The van der Waals surface area contributed by atoms with Gasteiger partial charge in [-0.25, -0.2) is 0 Å². The molecule has 0 amide bonds. The molecule has 0 bridgehead atoms. The fourth-order valence-corrected chi connectivity index (χ4v) is 7.40. The second-order valence-corrected chi connectivity index (χ2v) is 14.9. The number of pyridine rings is 3. The first-order valence-electron chi connectivity index (χ1n) is 22.8. The molecule has 312 valence electrons. The third-order valence-electron chi connectivity index (χ3n) is 10.7. The molecule has 0 atom stereocenters. The third-order valence-corrected chi connectivity index (χ3v) is 10.7. The molecule has 0 spiro atoms. The van der Waals surface area contributed by atoms with E-state index in [1.165, 1.54) is 11.6 Å². The average Bonchev–Trinajstić information content (AvgIpc) is 3.39. The van der Waals surface area contributed by atoms with Gasteiger partial charge in [0, 0.05) is 24.7 Å². The molecule has 10 rings (SSSR count). The standard InChI is InChI=1S/C59H40N3O2.Ir/c1-2-10-44(11-3-1)45-24-26-46(27-25-45)51-32-35-62-59(38-51)50-30-28-47(29-31-50)55-12-4-5-13-56(55)52-36-53(63-40-42-16-20-48(21-17-42)57-14-6-8-33-60-57)39-54(37-52)64-41-43-18-22-49(23-19-43)58-15-7-9-34-61-58;/h1-20,22,24-30,32-39H,40-41H2;/q-3;+3/i40D2,41D2;. The molecule has 0 aliphatic rings. The Morgan fingerprint density at radius 1 is 0.369 bits per heavy atom. The van der Waals surface area contributed by atoms with Crippen molar-refractivity contribution in [2.24, 2.45) is 0 Å². The van der Waals surface area contributed by atoms with Crippen molar-refractivity contribution in [1.82, 2.24) is 15.0 Å². The Kier molecular flexibility index (Phi) is 11.7. The van der Waals surface area contributed by atoms with Crippen molar-refractivity contribution >= 4 is 0 Å². The van der Waals surface area contributed by atoms with Gasteiger partial charge in [-0.2, -0.15) is 0 Å². The van der Waals surface area contributed by atoms with Gasteiger partial charge in [0.1, 0.15) is 11.5 Å². The van der Waals surface area contributed by atoms with E-state index in [-0.39, 0.29) is 42.7 Å². The molecular formula is C59H40IrN3O2. The van der Waals surface area contributed by atoms with Crippen LogP contribution in [0, 0.1) is 18.2 Å². The first-order valence-corrected chi connectivity index (χ1v) is 20.8. The fourth-order valence-electron chi connectivity index (χ4n) is 7.40. The zero-order valence-electron chi connectivity index (χ0n) is 38.8. The summed E-state index contributed by atoms with van der Waals surface area (Å²) in [5.74, 6) is 0.253. The van der Waals surface area contributed by atoms with Gasteiger partial charge in [-0.05, 0) is 80.8 Å². The molecule has 6 heteroatoms. The van der Waals surface area contributed by atoms with Crippen LogP contribution in [0.15, 0.2) is 219 Å². The maximum absolute atomic E-state index is 9.08. The maximum Gasteiger partial charge on any atom is 3.00 e. The number of hydrogen-bond donors (Lipinski definition) is 0. The molecule has 3 heterocycles. The van der Waals surface area contributed by atoms with Crippen molar-refractivity contribution in [3.8, 4) is 89.8 Å². The SMILES string of the molecule is [2H]C([2H])(Oc1cc(OC([2H])([2H])c2c[c-]c(-c3ccccn3)cc2)cc(-c2ccccc2-c2c[c-]c(-c3cc(-c4ccc(-c5ccccc5)cc4)ccn3)cc2)c1)c1c[c-]c(-c2ccccn2)cc1.[Ir+3]. The van der Waals surface area contributed by atoms with Crippen LogP contribution in [-0.4, -0.2) is 15.0 Å². The summed E-state index contributed by atoms with van der Waals surface area (Å²) < 4.78 is 48.6. The molecular weight excluding hydrogens is 975 g/mol. The molecule has 10 aromatic rings. The van der Waals surface area contributed by atoms with Gasteiger partial charge >= 0.3 is 20.1 Å². The van der Waals surface area contributed by atoms with E-state index >= 15 is 0 Å². The van der Waals surface area contributed by atoms with E-state index in [9.17, 15) is 0 Å². The van der Waals surface area contributed by atoms with Crippen molar-refractivity contribution < 1.29 is 35.1 Å². The van der Waals surface area contributed by atoms with Crippen LogP contribution in [0.3, 0.4) is 0 Å². The summed E-state index contributed by atoms with van der Waals surface area (Å²) in [6.45, 7) is -4.63. The zero-order valence-corrected chi connectivity index (χ0v) is 37.2. The van der Waals surface area contributed by atoms with Gasteiger partial charge in [0.15, 0.2) is 0 Å². The van der Waals surface area contributed by atoms with E-state index < -0.39 is 13.1 Å². The Morgan fingerprint density at radius 3 is 1.38 bits per heavy atom. The quantitative estimate of drug-likeness (QED) is 0.108. The summed E-state index contributed by atoms with van der Waals surface area (Å²) >= 11 is 0. The predicted molar refractivity (Wildman–Crippen MR) is 256 cm³/mol. The van der Waals surface area contributed by atoms with Crippen molar-refractivity contribution in [1.29, 1.82) is 0 Å². The minimum atomic E-state index is -2.31. The molecule has 65 heavy (non-hydrogen) atoms. The van der Waals surface area contributed by atoms with Gasteiger partial charge in [-0.1, -0.05) is 131 Å². The van der Waals surface area contributed by atoms with Crippen molar-refractivity contribution in [2.75, 3.05) is 0 Å². The summed E-state index contributed by atoms with van der Waals surface area (Å²) in [7, 11) is 0. The monoisotopic (exact) mass is 1020 g/mol. The van der Waals surface area contributed by atoms with Crippen LogP contribution in [0.4, 0.5) is 0 Å². The fraction of sp³-hybridized carbons (Fsp3) is 0.0339. The van der Waals surface area contributed by atoms with Gasteiger partial charge in [0.05, 0.1) is 18.6 Å². The number of aromatic nitrogens is 3. The second-order valence-electron chi connectivity index (χ2n) is 14.9. The number of nitrogens with zero attached hydrogens (tertiary/aromatic N) is 3. The molecule has 0 radical (unpaired) electrons. The largest absolute Gasteiger partial charge is 3.00 e. The number of rotatable bonds is 13. The summed E-state index contributed by atoms with van der Waals surface area (Å²) in [6.07, 6.45) is 5.21. The molecule has 0 fully saturated rings. The number of ether oxygens (including phenoxy) is 2. The van der Waals surface area contributed by atoms with Crippen LogP contribution in [0.25, 0.3) is 78.3 Å². The second kappa shape index (κ2) is 20.2. The first kappa shape index (κ1) is 37.8. The average molecular weight is 1020 g/mol. The van der Waals surface area contributed by atoms with Gasteiger partial charge in [0.2, 0.25) is 0 Å². The van der Waals surface area contributed by atoms with Crippen molar-refractivity contribution in [3.05, 3.63) is 248 Å². The Hall–Kier alpha value is -7.76. The van der Waals surface area contributed by atoms with Crippen LogP contribution in [0.5, 0.6) is 11.5 Å². The smallest absolute Gasteiger partial charge is 0.498 e. The number of hydrogen-bond acceptors (Lipinski definition) is 5. The Bertz CT molecular complexity index is 3190. The van der Waals surface area contributed by atoms with Crippen molar-refractivity contribution in [3.63, 3.8) is 0 Å². The molecule has 0 saturated carbocycles. The van der Waals surface area contributed by atoms with Crippen LogP contribution in [0.2, 0.25) is 0 Å². The topological polar surface area (TPSA) is 57.1 Å². The zero-order chi connectivity index (χ0) is 46.5. The first-order chi connectivity index (χ1) is 33.1. The molecule has 0 N–H and O–H groups in total. The summed E-state index contributed by atoms with van der Waals surface area (Å²) in [5.41, 5.74) is 12.6. The van der Waals surface area contributed by atoms with E-state index in [4.69, 9.17) is 19.9 Å². The molecule has 0 saturated heterocycles. The molecule has 0 unspecified atom stereocenters. The van der Waals surface area contributed by atoms with Gasteiger partial charge in [0.25, 0.3) is 0 Å². The summed E-state index contributed by atoms with van der Waals surface area (Å²) in [6, 6.07) is 72.5. The van der Waals surface area contributed by atoms with E-state index in [0.717, 1.165) is 44.6 Å². The van der Waals surface area contributed by atoms with Gasteiger partial charge in [-0.15, -0.1) is 89.5 Å². The van der Waals surface area contributed by atoms with Crippen LogP contribution >= 0.6 is 0 Å². The Balaban J connectivity index is 0.00000593. The van der Waals surface area contributed by atoms with E-state index in [1.54, 1.807) is 60.9 Å². The molecule has 3 aromatic heterocycles.